The summed E-state index contributed by atoms with van der Waals surface area (Å²) in [5.74, 6) is 0.482. The molecule has 7 aromatic rings. The second-order valence-corrected chi connectivity index (χ2v) is 12.6. The van der Waals surface area contributed by atoms with Crippen LogP contribution in [0.2, 0.25) is 0 Å². The van der Waals surface area contributed by atoms with E-state index >= 15 is 0 Å². The average molecular weight is 608 g/mol. The van der Waals surface area contributed by atoms with E-state index in [1.54, 1.807) is 0 Å². The van der Waals surface area contributed by atoms with Crippen LogP contribution in [0.5, 0.6) is 0 Å². The summed E-state index contributed by atoms with van der Waals surface area (Å²) in [4.78, 5) is 2.46. The van der Waals surface area contributed by atoms with Gasteiger partial charge >= 0.3 is 0 Å². The molecule has 0 saturated heterocycles. The van der Waals surface area contributed by atoms with E-state index in [4.69, 9.17) is 4.42 Å². The summed E-state index contributed by atoms with van der Waals surface area (Å²) < 4.78 is 6.39. The minimum atomic E-state index is 0.482. The second-order valence-electron chi connectivity index (χ2n) is 12.6. The van der Waals surface area contributed by atoms with Gasteiger partial charge in [-0.25, -0.2) is 0 Å². The van der Waals surface area contributed by atoms with E-state index in [-0.39, 0.29) is 0 Å². The third kappa shape index (κ3) is 5.47. The van der Waals surface area contributed by atoms with Crippen molar-refractivity contribution in [2.75, 3.05) is 4.90 Å². The van der Waals surface area contributed by atoms with Crippen LogP contribution < -0.4 is 4.90 Å². The van der Waals surface area contributed by atoms with Gasteiger partial charge in [0.1, 0.15) is 11.2 Å². The molecule has 0 fully saturated rings. The van der Waals surface area contributed by atoms with Crippen LogP contribution in [0.25, 0.3) is 55.3 Å². The van der Waals surface area contributed by atoms with Crippen LogP contribution >= 0.6 is 0 Å². The summed E-state index contributed by atoms with van der Waals surface area (Å²) in [6.45, 7) is 6.38. The number of para-hydroxylation sites is 1. The number of allylic oxidation sites excluding steroid dienone is 3. The minimum absolute atomic E-state index is 0.482. The highest BCUT2D eigenvalue weighted by Crippen LogP contribution is 2.42. The Balaban J connectivity index is 1.21. The van der Waals surface area contributed by atoms with E-state index in [1.807, 2.05) is 6.08 Å². The quantitative estimate of drug-likeness (QED) is 0.160. The number of anilines is 2. The fourth-order valence-corrected chi connectivity index (χ4v) is 7.10. The zero-order valence-electron chi connectivity index (χ0n) is 26.7. The van der Waals surface area contributed by atoms with E-state index in [9.17, 15) is 0 Å². The maximum absolute atomic E-state index is 6.39. The largest absolute Gasteiger partial charge is 0.456 e. The molecular formula is C45H37NO. The van der Waals surface area contributed by atoms with Gasteiger partial charge in [0.05, 0.1) is 0 Å². The van der Waals surface area contributed by atoms with Gasteiger partial charge in [-0.05, 0) is 113 Å². The summed E-state index contributed by atoms with van der Waals surface area (Å²) in [6, 6.07) is 50.2. The Labute approximate surface area is 276 Å². The van der Waals surface area contributed by atoms with Gasteiger partial charge in [0.2, 0.25) is 0 Å². The van der Waals surface area contributed by atoms with Crippen LogP contribution in [0.4, 0.5) is 11.4 Å². The first-order valence-corrected chi connectivity index (χ1v) is 16.6. The Morgan fingerprint density at radius 3 is 1.91 bits per heavy atom. The molecule has 0 aliphatic heterocycles. The molecule has 228 valence electrons. The number of nitrogens with zero attached hydrogens (tertiary/aromatic N) is 1. The fraction of sp³-hybridized carbons (Fsp3) is 0.111. The lowest BCUT2D eigenvalue weighted by atomic mass is 9.95. The number of benzene rings is 6. The first-order valence-electron chi connectivity index (χ1n) is 16.6. The normalized spacial score (nSPS) is 14.4. The molecule has 1 heterocycles. The summed E-state index contributed by atoms with van der Waals surface area (Å²) in [6.07, 6.45) is 7.50. The molecule has 1 aliphatic carbocycles. The van der Waals surface area contributed by atoms with Crippen molar-refractivity contribution in [3.05, 3.63) is 170 Å². The van der Waals surface area contributed by atoms with Gasteiger partial charge < -0.3 is 9.32 Å². The van der Waals surface area contributed by atoms with Crippen LogP contribution in [0.1, 0.15) is 25.3 Å². The number of furan rings is 1. The fourth-order valence-electron chi connectivity index (χ4n) is 7.10. The molecule has 47 heavy (non-hydrogen) atoms. The molecular weight excluding hydrogens is 571 g/mol. The molecule has 0 saturated carbocycles. The van der Waals surface area contributed by atoms with Crippen molar-refractivity contribution in [3.63, 3.8) is 0 Å². The molecule has 2 heteroatoms. The molecule has 2 nitrogen and oxygen atoms in total. The third-order valence-electron chi connectivity index (χ3n) is 9.52. The van der Waals surface area contributed by atoms with E-state index in [0.29, 0.717) is 5.92 Å². The van der Waals surface area contributed by atoms with Gasteiger partial charge in [0.25, 0.3) is 0 Å². The molecule has 0 N–H and O–H groups in total. The molecule has 1 aromatic heterocycles. The topological polar surface area (TPSA) is 16.4 Å². The zero-order chi connectivity index (χ0) is 31.7. The van der Waals surface area contributed by atoms with E-state index in [1.165, 1.54) is 56.7 Å². The molecule has 6 aromatic carbocycles. The predicted molar refractivity (Wildman–Crippen MR) is 199 cm³/mol. The zero-order valence-corrected chi connectivity index (χ0v) is 26.7. The van der Waals surface area contributed by atoms with E-state index in [2.05, 4.69) is 164 Å². The van der Waals surface area contributed by atoms with Crippen LogP contribution in [-0.2, 0) is 6.42 Å². The maximum Gasteiger partial charge on any atom is 0.135 e. The summed E-state index contributed by atoms with van der Waals surface area (Å²) >= 11 is 0. The lowest BCUT2D eigenvalue weighted by Gasteiger charge is -2.31. The number of hydrogen-bond donors (Lipinski definition) is 0. The molecule has 0 unspecified atom stereocenters. The highest BCUT2D eigenvalue weighted by atomic mass is 16.3. The Hall–Kier alpha value is -5.60. The number of fused-ring (bicyclic) bond motifs is 3. The molecule has 0 spiro atoms. The van der Waals surface area contributed by atoms with Crippen molar-refractivity contribution in [3.8, 4) is 33.4 Å². The van der Waals surface area contributed by atoms with Gasteiger partial charge in [0, 0.05) is 27.8 Å². The van der Waals surface area contributed by atoms with E-state index < -0.39 is 0 Å². The van der Waals surface area contributed by atoms with Crippen molar-refractivity contribution in [1.82, 2.24) is 0 Å². The monoisotopic (exact) mass is 607 g/mol. The van der Waals surface area contributed by atoms with Crippen LogP contribution in [-0.4, -0.2) is 0 Å². The Kier molecular flexibility index (Phi) is 7.55. The van der Waals surface area contributed by atoms with Crippen LogP contribution in [0, 0.1) is 5.92 Å². The van der Waals surface area contributed by atoms with Crippen LogP contribution in [0.15, 0.2) is 168 Å². The average Bonchev–Trinajstić information content (AvgIpc) is 3.72. The molecule has 0 radical (unpaired) electrons. The smallest absolute Gasteiger partial charge is 0.135 e. The minimum Gasteiger partial charge on any atom is -0.456 e. The second kappa shape index (κ2) is 12.3. The Bertz CT molecular complexity index is 2270. The van der Waals surface area contributed by atoms with Gasteiger partial charge in [-0.2, -0.15) is 0 Å². The van der Waals surface area contributed by atoms with E-state index in [0.717, 1.165) is 40.5 Å². The predicted octanol–water partition coefficient (Wildman–Crippen LogP) is 12.8. The summed E-state index contributed by atoms with van der Waals surface area (Å²) in [5.41, 5.74) is 14.0. The lowest BCUT2D eigenvalue weighted by Crippen LogP contribution is -2.20. The molecule has 0 bridgehead atoms. The number of rotatable bonds is 8. The van der Waals surface area contributed by atoms with Crippen molar-refractivity contribution in [2.45, 2.75) is 26.2 Å². The van der Waals surface area contributed by atoms with Gasteiger partial charge in [0.15, 0.2) is 0 Å². The third-order valence-corrected chi connectivity index (χ3v) is 9.52. The highest BCUT2D eigenvalue weighted by Gasteiger charge is 2.25. The Morgan fingerprint density at radius 1 is 0.638 bits per heavy atom. The maximum atomic E-state index is 6.39. The Morgan fingerprint density at radius 2 is 1.23 bits per heavy atom. The highest BCUT2D eigenvalue weighted by molar-refractivity contribution is 6.07. The first kappa shape index (κ1) is 28.8. The van der Waals surface area contributed by atoms with Crippen molar-refractivity contribution >= 4 is 33.3 Å². The standard InChI is InChI=1S/C45H37NO/c1-3-12-33-16-7-8-21-43(33)46(42-22-9-13-31(42)2)39-24-26-45-41(30-39)40-29-38(23-25-44(40)47-45)37-20-11-19-36(28-37)35-18-10-17-34(27-35)32-14-5-4-6-15-32/h3-8,10-11,14-31H,1,9,12-13H2,2H3/t31-/m0/s1. The first-order chi connectivity index (χ1) is 23.2. The lowest BCUT2D eigenvalue weighted by molar-refractivity contribution is 0.658. The van der Waals surface area contributed by atoms with Crippen molar-refractivity contribution in [1.29, 1.82) is 0 Å². The van der Waals surface area contributed by atoms with Crippen molar-refractivity contribution < 1.29 is 4.42 Å². The summed E-state index contributed by atoms with van der Waals surface area (Å²) in [5, 5.41) is 2.26. The van der Waals surface area contributed by atoms with Crippen molar-refractivity contribution in [2.24, 2.45) is 5.92 Å². The van der Waals surface area contributed by atoms with Gasteiger partial charge in [-0.3, -0.25) is 0 Å². The molecule has 0 amide bonds. The van der Waals surface area contributed by atoms with Gasteiger partial charge in [-0.1, -0.05) is 110 Å². The molecule has 8 rings (SSSR count). The van der Waals surface area contributed by atoms with Gasteiger partial charge in [-0.15, -0.1) is 6.58 Å². The van der Waals surface area contributed by atoms with Crippen LogP contribution in [0.3, 0.4) is 0 Å². The molecule has 1 atom stereocenters. The number of hydrogen-bond acceptors (Lipinski definition) is 2. The molecule has 1 aliphatic rings. The summed E-state index contributed by atoms with van der Waals surface area (Å²) in [7, 11) is 0. The SMILES string of the molecule is C=CCc1ccccc1N(C1=CCC[C@@H]1C)c1ccc2oc3ccc(-c4cccc(-c5cccc(-c6ccccc6)c5)c4)cc3c2c1.